The Bertz CT molecular complexity index is 1080. The van der Waals surface area contributed by atoms with Gasteiger partial charge in [0, 0.05) is 23.5 Å². The molecule has 26 heavy (non-hydrogen) atoms. The molecule has 3 aromatic rings. The number of sulfone groups is 1. The molecule has 1 aromatic carbocycles. The number of pyridine rings is 1. The molecule has 0 atom stereocenters. The smallest absolute Gasteiger partial charge is 0.340 e. The molecule has 6 nitrogen and oxygen atoms in total. The van der Waals surface area contributed by atoms with E-state index in [2.05, 4.69) is 0 Å². The second kappa shape index (κ2) is 6.93. The lowest BCUT2D eigenvalue weighted by Gasteiger charge is -2.09. The van der Waals surface area contributed by atoms with Crippen LogP contribution in [-0.2, 0) is 21.2 Å². The van der Waals surface area contributed by atoms with E-state index >= 15 is 0 Å². The third kappa shape index (κ3) is 3.36. The highest BCUT2D eigenvalue weighted by atomic mass is 32.2. The summed E-state index contributed by atoms with van der Waals surface area (Å²) in [4.78, 5) is 12.6. The maximum Gasteiger partial charge on any atom is 0.340 e. The number of ether oxygens (including phenoxy) is 1. The maximum atomic E-state index is 12.4. The molecular formula is C19H19NO5S. The lowest BCUT2D eigenvalue weighted by atomic mass is 10.1. The fraction of sp³-hybridized carbons (Fsp3) is 0.211. The van der Waals surface area contributed by atoms with Crippen molar-refractivity contribution in [1.82, 2.24) is 4.40 Å². The summed E-state index contributed by atoms with van der Waals surface area (Å²) in [5, 5.41) is 9.34. The molecule has 0 saturated heterocycles. The number of carbonyl (C=O) groups is 1. The van der Waals surface area contributed by atoms with Gasteiger partial charge in [0.25, 0.3) is 0 Å². The number of benzene rings is 1. The molecule has 0 spiro atoms. The van der Waals surface area contributed by atoms with E-state index in [4.69, 9.17) is 4.74 Å². The van der Waals surface area contributed by atoms with Gasteiger partial charge in [0.1, 0.15) is 0 Å². The van der Waals surface area contributed by atoms with Gasteiger partial charge in [-0.2, -0.15) is 0 Å². The van der Waals surface area contributed by atoms with Gasteiger partial charge in [-0.25, -0.2) is 13.2 Å². The van der Waals surface area contributed by atoms with Crippen LogP contribution in [0.25, 0.3) is 16.8 Å². The second-order valence-electron chi connectivity index (χ2n) is 5.92. The molecule has 2 aromatic heterocycles. The van der Waals surface area contributed by atoms with E-state index in [9.17, 15) is 18.3 Å². The number of aromatic nitrogens is 1. The Labute approximate surface area is 151 Å². The van der Waals surface area contributed by atoms with E-state index in [1.807, 2.05) is 0 Å². The van der Waals surface area contributed by atoms with Crippen LogP contribution in [0.5, 0.6) is 0 Å². The monoisotopic (exact) mass is 373 g/mol. The van der Waals surface area contributed by atoms with E-state index in [0.717, 1.165) is 6.26 Å². The number of hydrogen-bond acceptors (Lipinski definition) is 5. The lowest BCUT2D eigenvalue weighted by molar-refractivity contribution is 0.0527. The van der Waals surface area contributed by atoms with Crippen molar-refractivity contribution in [2.45, 2.75) is 18.4 Å². The molecule has 7 heteroatoms. The first kappa shape index (κ1) is 18.2. The summed E-state index contributed by atoms with van der Waals surface area (Å²) in [5.41, 5.74) is 2.90. The first-order chi connectivity index (χ1) is 12.3. The first-order valence-electron chi connectivity index (χ1n) is 8.07. The van der Waals surface area contributed by atoms with E-state index in [0.29, 0.717) is 27.9 Å². The number of aliphatic hydroxyl groups excluding tert-OH is 1. The average molecular weight is 373 g/mol. The van der Waals surface area contributed by atoms with Crippen molar-refractivity contribution in [2.75, 3.05) is 12.9 Å². The van der Waals surface area contributed by atoms with Crippen molar-refractivity contribution < 1.29 is 23.1 Å². The van der Waals surface area contributed by atoms with Gasteiger partial charge in [0.2, 0.25) is 0 Å². The Morgan fingerprint density at radius 2 is 1.96 bits per heavy atom. The molecule has 0 fully saturated rings. The topological polar surface area (TPSA) is 85.1 Å². The highest BCUT2D eigenvalue weighted by Crippen LogP contribution is 2.30. The van der Waals surface area contributed by atoms with Gasteiger partial charge in [0.15, 0.2) is 9.84 Å². The van der Waals surface area contributed by atoms with Gasteiger partial charge >= 0.3 is 5.97 Å². The van der Waals surface area contributed by atoms with Crippen molar-refractivity contribution in [3.8, 4) is 11.3 Å². The minimum atomic E-state index is -3.38. The quantitative estimate of drug-likeness (QED) is 0.695. The zero-order valence-electron chi connectivity index (χ0n) is 14.5. The molecule has 3 rings (SSSR count). The number of hydrogen-bond donors (Lipinski definition) is 1. The predicted molar refractivity (Wildman–Crippen MR) is 97.8 cm³/mol. The standard InChI is InChI=1S/C19H19NO5S/c1-3-25-19(22)17-11-15-9-13(12-21)7-8-20(15)18(17)14-5-4-6-16(10-14)26(2,23)24/h4-11,21H,3,12H2,1-2H3. The molecule has 0 bridgehead atoms. The van der Waals surface area contributed by atoms with Crippen molar-refractivity contribution in [1.29, 1.82) is 0 Å². The number of aliphatic hydroxyl groups is 1. The highest BCUT2D eigenvalue weighted by Gasteiger charge is 2.20. The Hall–Kier alpha value is -2.64. The number of esters is 1. The first-order valence-corrected chi connectivity index (χ1v) is 9.96. The zero-order valence-corrected chi connectivity index (χ0v) is 15.3. The Morgan fingerprint density at radius 1 is 1.19 bits per heavy atom. The summed E-state index contributed by atoms with van der Waals surface area (Å²) in [7, 11) is -3.38. The lowest BCUT2D eigenvalue weighted by Crippen LogP contribution is -2.06. The Morgan fingerprint density at radius 3 is 2.62 bits per heavy atom. The second-order valence-corrected chi connectivity index (χ2v) is 7.93. The van der Waals surface area contributed by atoms with Gasteiger partial charge in [-0.05, 0) is 42.8 Å². The van der Waals surface area contributed by atoms with Crippen LogP contribution in [-0.4, -0.2) is 36.8 Å². The molecule has 136 valence electrons. The molecular weight excluding hydrogens is 354 g/mol. The molecule has 2 heterocycles. The number of nitrogens with zero attached hydrogens (tertiary/aromatic N) is 1. The van der Waals surface area contributed by atoms with E-state index < -0.39 is 15.8 Å². The van der Waals surface area contributed by atoms with Crippen LogP contribution in [0.15, 0.2) is 53.6 Å². The fourth-order valence-electron chi connectivity index (χ4n) is 2.86. The Kier molecular flexibility index (Phi) is 4.84. The number of carbonyl (C=O) groups excluding carboxylic acids is 1. The van der Waals surface area contributed by atoms with Crippen LogP contribution in [0.2, 0.25) is 0 Å². The summed E-state index contributed by atoms with van der Waals surface area (Å²) in [5.74, 6) is -0.485. The highest BCUT2D eigenvalue weighted by molar-refractivity contribution is 7.90. The number of fused-ring (bicyclic) bond motifs is 1. The van der Waals surface area contributed by atoms with Crippen molar-refractivity contribution in [3.05, 3.63) is 59.8 Å². The van der Waals surface area contributed by atoms with Crippen LogP contribution < -0.4 is 0 Å². The third-order valence-corrected chi connectivity index (χ3v) is 5.16. The van der Waals surface area contributed by atoms with Crippen molar-refractivity contribution in [3.63, 3.8) is 0 Å². The summed E-state index contributed by atoms with van der Waals surface area (Å²) in [6.45, 7) is 1.84. The molecule has 0 saturated carbocycles. The van der Waals surface area contributed by atoms with Crippen LogP contribution in [0.3, 0.4) is 0 Å². The maximum absolute atomic E-state index is 12.4. The molecule has 0 aliphatic carbocycles. The van der Waals surface area contributed by atoms with E-state index in [1.54, 1.807) is 53.9 Å². The zero-order chi connectivity index (χ0) is 18.9. The van der Waals surface area contributed by atoms with E-state index in [-0.39, 0.29) is 18.1 Å². The average Bonchev–Trinajstić information content (AvgIpc) is 3.00. The minimum Gasteiger partial charge on any atom is -0.462 e. The third-order valence-electron chi connectivity index (χ3n) is 4.05. The minimum absolute atomic E-state index is 0.116. The summed E-state index contributed by atoms with van der Waals surface area (Å²) in [6, 6.07) is 11.6. The molecule has 0 radical (unpaired) electrons. The SMILES string of the molecule is CCOC(=O)c1cc2cc(CO)ccn2c1-c1cccc(S(C)(=O)=O)c1. The number of rotatable bonds is 5. The fourth-order valence-corrected chi connectivity index (χ4v) is 3.52. The normalized spacial score (nSPS) is 11.7. The molecule has 0 unspecified atom stereocenters. The van der Waals surface area contributed by atoms with Gasteiger partial charge < -0.3 is 14.2 Å². The Balaban J connectivity index is 2.29. The van der Waals surface area contributed by atoms with Crippen LogP contribution in [0.1, 0.15) is 22.8 Å². The van der Waals surface area contributed by atoms with Crippen molar-refractivity contribution in [2.24, 2.45) is 0 Å². The molecule has 1 N–H and O–H groups in total. The predicted octanol–water partition coefficient (Wildman–Crippen LogP) is 2.68. The van der Waals surface area contributed by atoms with Crippen LogP contribution in [0, 0.1) is 0 Å². The summed E-state index contributed by atoms with van der Waals surface area (Å²) in [6.07, 6.45) is 2.88. The largest absolute Gasteiger partial charge is 0.462 e. The molecule has 0 aliphatic heterocycles. The van der Waals surface area contributed by atoms with Crippen molar-refractivity contribution >= 4 is 21.3 Å². The van der Waals surface area contributed by atoms with Crippen LogP contribution in [0.4, 0.5) is 0 Å². The summed E-state index contributed by atoms with van der Waals surface area (Å²) >= 11 is 0. The van der Waals surface area contributed by atoms with Crippen LogP contribution >= 0.6 is 0 Å². The van der Waals surface area contributed by atoms with Gasteiger partial charge in [-0.15, -0.1) is 0 Å². The summed E-state index contributed by atoms with van der Waals surface area (Å²) < 4.78 is 30.7. The van der Waals surface area contributed by atoms with Gasteiger partial charge in [0.05, 0.1) is 29.4 Å². The van der Waals surface area contributed by atoms with Gasteiger partial charge in [-0.1, -0.05) is 12.1 Å². The van der Waals surface area contributed by atoms with E-state index in [1.165, 1.54) is 6.07 Å². The molecule has 0 aliphatic rings. The molecule has 0 amide bonds. The van der Waals surface area contributed by atoms with Gasteiger partial charge in [-0.3, -0.25) is 0 Å².